The highest BCUT2D eigenvalue weighted by Crippen LogP contribution is 2.39. The van der Waals surface area contributed by atoms with Crippen LogP contribution in [0.4, 0.5) is 0 Å². The first-order valence-electron chi connectivity index (χ1n) is 8.11. The van der Waals surface area contributed by atoms with Gasteiger partial charge in [0.05, 0.1) is 5.69 Å². The van der Waals surface area contributed by atoms with Gasteiger partial charge in [-0.05, 0) is 17.2 Å². The predicted molar refractivity (Wildman–Crippen MR) is 95.5 cm³/mol. The second kappa shape index (κ2) is 5.56. The number of nitrogens with zero attached hydrogens (tertiary/aromatic N) is 3. The van der Waals surface area contributed by atoms with Crippen molar-refractivity contribution in [2.24, 2.45) is 0 Å². The average molecular weight is 326 g/mol. The molecule has 25 heavy (non-hydrogen) atoms. The van der Waals surface area contributed by atoms with Crippen molar-refractivity contribution >= 4 is 12.2 Å². The lowest BCUT2D eigenvalue weighted by atomic mass is 10.1. The van der Waals surface area contributed by atoms with Crippen LogP contribution in [-0.4, -0.2) is 20.4 Å². The van der Waals surface area contributed by atoms with E-state index in [2.05, 4.69) is 32.5 Å². The molecule has 0 spiro atoms. The zero-order chi connectivity index (χ0) is 16.6. The minimum atomic E-state index is 0.467. The summed E-state index contributed by atoms with van der Waals surface area (Å²) in [4.78, 5) is 0. The van der Waals surface area contributed by atoms with E-state index in [1.54, 1.807) is 0 Å². The molecule has 0 atom stereocenters. The topological polar surface area (TPSA) is 67.6 Å². The van der Waals surface area contributed by atoms with E-state index in [-0.39, 0.29) is 0 Å². The predicted octanol–water partition coefficient (Wildman–Crippen LogP) is 4.20. The van der Waals surface area contributed by atoms with Crippen molar-refractivity contribution in [3.05, 3.63) is 77.2 Å². The van der Waals surface area contributed by atoms with Gasteiger partial charge < -0.3 is 4.42 Å². The number of hydrogen-bond donors (Lipinski definition) is 1. The molecule has 5 heteroatoms. The Hall–Kier alpha value is -3.47. The molecule has 0 saturated carbocycles. The Labute approximate surface area is 144 Å². The lowest BCUT2D eigenvalue weighted by molar-refractivity contribution is 0.555. The Balaban J connectivity index is 1.46. The summed E-state index contributed by atoms with van der Waals surface area (Å²) in [6.45, 7) is 0. The van der Waals surface area contributed by atoms with Crippen LogP contribution in [0.1, 0.15) is 22.6 Å². The maximum atomic E-state index is 5.79. The van der Waals surface area contributed by atoms with Crippen molar-refractivity contribution in [3.8, 4) is 22.8 Å². The van der Waals surface area contributed by atoms with Crippen molar-refractivity contribution in [1.29, 1.82) is 0 Å². The molecule has 120 valence electrons. The molecule has 5 nitrogen and oxygen atoms in total. The molecule has 2 aromatic carbocycles. The lowest BCUT2D eigenvalue weighted by Crippen LogP contribution is -1.86. The molecule has 1 aliphatic rings. The van der Waals surface area contributed by atoms with Crippen LogP contribution in [-0.2, 0) is 6.42 Å². The smallest absolute Gasteiger partial charge is 0.266 e. The molecule has 2 aromatic heterocycles. The van der Waals surface area contributed by atoms with Crippen LogP contribution in [0.5, 0.6) is 0 Å². The summed E-state index contributed by atoms with van der Waals surface area (Å²) in [5.41, 5.74) is 6.43. The molecule has 0 radical (unpaired) electrons. The largest absolute Gasteiger partial charge is 0.415 e. The van der Waals surface area contributed by atoms with Crippen LogP contribution in [0.25, 0.3) is 35.0 Å². The zero-order valence-electron chi connectivity index (χ0n) is 13.3. The van der Waals surface area contributed by atoms with Gasteiger partial charge >= 0.3 is 0 Å². The van der Waals surface area contributed by atoms with Gasteiger partial charge in [-0.3, -0.25) is 5.10 Å². The Kier molecular flexibility index (Phi) is 3.10. The van der Waals surface area contributed by atoms with Gasteiger partial charge in [-0.2, -0.15) is 5.10 Å². The summed E-state index contributed by atoms with van der Waals surface area (Å²) in [6.07, 6.45) is 4.59. The Bertz CT molecular complexity index is 1080. The Morgan fingerprint density at radius 2 is 1.76 bits per heavy atom. The van der Waals surface area contributed by atoms with E-state index in [0.29, 0.717) is 11.8 Å². The van der Waals surface area contributed by atoms with Gasteiger partial charge in [0.1, 0.15) is 5.69 Å². The van der Waals surface area contributed by atoms with Crippen LogP contribution in [0.15, 0.2) is 59.0 Å². The monoisotopic (exact) mass is 326 g/mol. The summed E-state index contributed by atoms with van der Waals surface area (Å²) in [7, 11) is 0. The van der Waals surface area contributed by atoms with Crippen LogP contribution >= 0.6 is 0 Å². The van der Waals surface area contributed by atoms with Gasteiger partial charge in [0.25, 0.3) is 5.89 Å². The normalized spacial score (nSPS) is 12.5. The minimum Gasteiger partial charge on any atom is -0.415 e. The number of nitrogens with one attached hydrogen (secondary N) is 1. The van der Waals surface area contributed by atoms with Crippen molar-refractivity contribution < 1.29 is 4.42 Å². The van der Waals surface area contributed by atoms with Crippen LogP contribution in [0.2, 0.25) is 0 Å². The fourth-order valence-corrected chi connectivity index (χ4v) is 3.17. The molecule has 0 unspecified atom stereocenters. The van der Waals surface area contributed by atoms with Crippen LogP contribution in [0, 0.1) is 0 Å². The number of hydrogen-bond acceptors (Lipinski definition) is 4. The summed E-state index contributed by atoms with van der Waals surface area (Å²) in [5.74, 6) is 0.937. The molecule has 5 rings (SSSR count). The molecule has 1 aliphatic carbocycles. The van der Waals surface area contributed by atoms with Gasteiger partial charge in [-0.25, -0.2) is 0 Å². The molecule has 1 N–H and O–H groups in total. The SMILES string of the molecule is C(=C\c1nnc(-c2[nH]nc3c2Cc2ccccc2-3)o1)/c1ccccc1. The highest BCUT2D eigenvalue weighted by atomic mass is 16.4. The summed E-state index contributed by atoms with van der Waals surface area (Å²) >= 11 is 0. The maximum absolute atomic E-state index is 5.79. The fraction of sp³-hybridized carbons (Fsp3) is 0.0500. The molecule has 0 aliphatic heterocycles. The number of aromatic amines is 1. The molecule has 0 fully saturated rings. The molecule has 4 aromatic rings. The van der Waals surface area contributed by atoms with Crippen molar-refractivity contribution in [2.75, 3.05) is 0 Å². The molecule has 2 heterocycles. The second-order valence-corrected chi connectivity index (χ2v) is 5.95. The molecular formula is C20H14N4O. The molecule has 0 amide bonds. The third-order valence-electron chi connectivity index (χ3n) is 4.38. The van der Waals surface area contributed by atoms with Gasteiger partial charge in [-0.1, -0.05) is 54.6 Å². The first-order chi connectivity index (χ1) is 12.4. The third kappa shape index (κ3) is 2.37. The van der Waals surface area contributed by atoms with E-state index < -0.39 is 0 Å². The summed E-state index contributed by atoms with van der Waals surface area (Å²) in [5, 5.41) is 15.8. The maximum Gasteiger partial charge on any atom is 0.266 e. The first kappa shape index (κ1) is 13.9. The van der Waals surface area contributed by atoms with Crippen molar-refractivity contribution in [1.82, 2.24) is 20.4 Å². The quantitative estimate of drug-likeness (QED) is 0.539. The van der Waals surface area contributed by atoms with Gasteiger partial charge in [0.15, 0.2) is 0 Å². The van der Waals surface area contributed by atoms with Gasteiger partial charge in [0, 0.05) is 23.6 Å². The van der Waals surface area contributed by atoms with E-state index in [9.17, 15) is 0 Å². The van der Waals surface area contributed by atoms with Gasteiger partial charge in [0.2, 0.25) is 5.89 Å². The number of H-pyrrole nitrogens is 1. The van der Waals surface area contributed by atoms with Gasteiger partial charge in [-0.15, -0.1) is 10.2 Å². The number of fused-ring (bicyclic) bond motifs is 3. The molecule has 0 bridgehead atoms. The third-order valence-corrected chi connectivity index (χ3v) is 4.38. The van der Waals surface area contributed by atoms with E-state index >= 15 is 0 Å². The summed E-state index contributed by atoms with van der Waals surface area (Å²) < 4.78 is 5.79. The zero-order valence-corrected chi connectivity index (χ0v) is 13.3. The average Bonchev–Trinajstić information content (AvgIpc) is 3.35. The number of benzene rings is 2. The van der Waals surface area contributed by atoms with E-state index in [1.807, 2.05) is 54.6 Å². The van der Waals surface area contributed by atoms with E-state index in [1.165, 1.54) is 11.1 Å². The standard InChI is InChI=1S/C20H14N4O/c1-2-6-13(7-3-1)10-11-17-21-24-20(25-17)19-16-12-14-8-4-5-9-15(14)18(16)22-23-19/h1-11H,12H2,(H,22,23)/b11-10+. The van der Waals surface area contributed by atoms with Crippen molar-refractivity contribution in [3.63, 3.8) is 0 Å². The fourth-order valence-electron chi connectivity index (χ4n) is 3.17. The highest BCUT2D eigenvalue weighted by Gasteiger charge is 2.26. The Morgan fingerprint density at radius 3 is 2.68 bits per heavy atom. The number of rotatable bonds is 3. The Morgan fingerprint density at radius 1 is 0.920 bits per heavy atom. The highest BCUT2D eigenvalue weighted by molar-refractivity contribution is 5.79. The molecule has 0 saturated heterocycles. The van der Waals surface area contributed by atoms with E-state index in [0.717, 1.165) is 28.9 Å². The second-order valence-electron chi connectivity index (χ2n) is 5.95. The van der Waals surface area contributed by atoms with E-state index in [4.69, 9.17) is 4.42 Å². The van der Waals surface area contributed by atoms with Crippen LogP contribution in [0.3, 0.4) is 0 Å². The first-order valence-corrected chi connectivity index (χ1v) is 8.11. The summed E-state index contributed by atoms with van der Waals surface area (Å²) in [6, 6.07) is 18.3. The molecular weight excluding hydrogens is 312 g/mol. The van der Waals surface area contributed by atoms with Crippen LogP contribution < -0.4 is 0 Å². The number of aromatic nitrogens is 4. The minimum absolute atomic E-state index is 0.467. The van der Waals surface area contributed by atoms with Crippen molar-refractivity contribution in [2.45, 2.75) is 6.42 Å². The lowest BCUT2D eigenvalue weighted by Gasteiger charge is -1.96.